The van der Waals surface area contributed by atoms with E-state index < -0.39 is 12.2 Å². The van der Waals surface area contributed by atoms with Crippen LogP contribution in [0.2, 0.25) is 0 Å². The number of hydrogen-bond donors (Lipinski definition) is 3. The Morgan fingerprint density at radius 2 is 2.00 bits per heavy atom. The second-order valence-corrected chi connectivity index (χ2v) is 6.24. The van der Waals surface area contributed by atoms with Gasteiger partial charge >= 0.3 is 0 Å². The second kappa shape index (κ2) is 8.98. The molecule has 3 N–H and O–H groups in total. The molecule has 0 bridgehead atoms. The number of nitrogens with one attached hydrogen (secondary N) is 1. The molecule has 24 heavy (non-hydrogen) atoms. The minimum atomic E-state index is -0.903. The van der Waals surface area contributed by atoms with Gasteiger partial charge in [-0.2, -0.15) is 0 Å². The van der Waals surface area contributed by atoms with Crippen LogP contribution in [0.25, 0.3) is 0 Å². The predicted octanol–water partition coefficient (Wildman–Crippen LogP) is -0.275. The summed E-state index contributed by atoms with van der Waals surface area (Å²) in [6.45, 7) is 2.09. The lowest BCUT2D eigenvalue weighted by Crippen LogP contribution is -2.48. The van der Waals surface area contributed by atoms with Gasteiger partial charge in [0.15, 0.2) is 0 Å². The lowest BCUT2D eigenvalue weighted by atomic mass is 9.96. The van der Waals surface area contributed by atoms with Crippen LogP contribution in [0.15, 0.2) is 24.3 Å². The Balaban J connectivity index is 1.79. The van der Waals surface area contributed by atoms with E-state index in [2.05, 4.69) is 5.32 Å². The second-order valence-electron chi connectivity index (χ2n) is 6.24. The number of likely N-dealkylation sites (N-methyl/N-ethyl adjacent to an activating group) is 1. The summed E-state index contributed by atoms with van der Waals surface area (Å²) in [5.41, 5.74) is 0.515. The average molecular weight is 338 g/mol. The van der Waals surface area contributed by atoms with Crippen LogP contribution in [0.3, 0.4) is 0 Å². The molecule has 0 unspecified atom stereocenters. The molecule has 1 saturated heterocycles. The summed E-state index contributed by atoms with van der Waals surface area (Å²) < 4.78 is 10.8. The summed E-state index contributed by atoms with van der Waals surface area (Å²) in [6.07, 6.45) is -1.79. The Morgan fingerprint density at radius 1 is 1.29 bits per heavy atom. The highest BCUT2D eigenvalue weighted by Crippen LogP contribution is 2.15. The Bertz CT molecular complexity index is 520. The minimum absolute atomic E-state index is 0.126. The van der Waals surface area contributed by atoms with Gasteiger partial charge in [0.1, 0.15) is 18.5 Å². The lowest BCUT2D eigenvalue weighted by molar-refractivity contribution is -0.118. The number of nitrogens with zero attached hydrogens (tertiary/aromatic N) is 1. The number of amides is 1. The van der Waals surface area contributed by atoms with Crippen LogP contribution in [0.1, 0.15) is 10.4 Å². The van der Waals surface area contributed by atoms with Gasteiger partial charge in [-0.15, -0.1) is 0 Å². The highest BCUT2D eigenvalue weighted by Gasteiger charge is 2.31. The molecule has 1 fully saturated rings. The first-order chi connectivity index (χ1) is 11.5. The van der Waals surface area contributed by atoms with Gasteiger partial charge in [0, 0.05) is 24.6 Å². The topological polar surface area (TPSA) is 91.3 Å². The van der Waals surface area contributed by atoms with E-state index in [1.807, 2.05) is 19.0 Å². The van der Waals surface area contributed by atoms with Crippen LogP contribution in [0.5, 0.6) is 5.75 Å². The molecule has 0 saturated carbocycles. The van der Waals surface area contributed by atoms with Gasteiger partial charge in [-0.3, -0.25) is 4.79 Å². The van der Waals surface area contributed by atoms with Crippen molar-refractivity contribution in [3.05, 3.63) is 29.8 Å². The maximum absolute atomic E-state index is 12.1. The fourth-order valence-corrected chi connectivity index (χ4v) is 2.41. The smallest absolute Gasteiger partial charge is 0.251 e. The summed E-state index contributed by atoms with van der Waals surface area (Å²) in [4.78, 5) is 14.2. The molecule has 7 nitrogen and oxygen atoms in total. The molecule has 0 radical (unpaired) electrons. The molecule has 2 rings (SSSR count). The van der Waals surface area contributed by atoms with E-state index in [-0.39, 0.29) is 25.0 Å². The third-order valence-electron chi connectivity index (χ3n) is 3.95. The Morgan fingerprint density at radius 3 is 2.67 bits per heavy atom. The van der Waals surface area contributed by atoms with Crippen LogP contribution >= 0.6 is 0 Å². The van der Waals surface area contributed by atoms with E-state index in [1.54, 1.807) is 24.3 Å². The van der Waals surface area contributed by atoms with Gasteiger partial charge in [0.2, 0.25) is 0 Å². The van der Waals surface area contributed by atoms with Gasteiger partial charge in [-0.05, 0) is 38.4 Å². The van der Waals surface area contributed by atoms with Crippen LogP contribution in [-0.4, -0.2) is 80.2 Å². The van der Waals surface area contributed by atoms with Crippen molar-refractivity contribution in [3.63, 3.8) is 0 Å². The van der Waals surface area contributed by atoms with Gasteiger partial charge in [-0.25, -0.2) is 0 Å². The fourth-order valence-electron chi connectivity index (χ4n) is 2.41. The van der Waals surface area contributed by atoms with Crippen molar-refractivity contribution in [2.45, 2.75) is 12.2 Å². The summed E-state index contributed by atoms with van der Waals surface area (Å²) >= 11 is 0. The molecular formula is C17H26N2O5. The van der Waals surface area contributed by atoms with Crippen LogP contribution < -0.4 is 10.1 Å². The first-order valence-electron chi connectivity index (χ1n) is 8.07. The monoisotopic (exact) mass is 338 g/mol. The first-order valence-corrected chi connectivity index (χ1v) is 8.07. The van der Waals surface area contributed by atoms with E-state index in [4.69, 9.17) is 9.47 Å². The van der Waals surface area contributed by atoms with Crippen LogP contribution in [0.4, 0.5) is 0 Å². The molecule has 134 valence electrons. The van der Waals surface area contributed by atoms with Crippen molar-refractivity contribution in [2.75, 3.05) is 47.0 Å². The SMILES string of the molecule is CN(C)CCOc1ccc(C(=O)NC[C@@H]2COC[C@@H](O)[C@H]2O)cc1. The molecule has 7 heteroatoms. The number of aliphatic hydroxyl groups excluding tert-OH is 2. The Hall–Kier alpha value is -1.67. The van der Waals surface area contributed by atoms with E-state index in [9.17, 15) is 15.0 Å². The molecule has 3 atom stereocenters. The lowest BCUT2D eigenvalue weighted by Gasteiger charge is -2.31. The molecular weight excluding hydrogens is 312 g/mol. The fraction of sp³-hybridized carbons (Fsp3) is 0.588. The highest BCUT2D eigenvalue weighted by molar-refractivity contribution is 5.94. The Labute approximate surface area is 142 Å². The third kappa shape index (κ3) is 5.45. The molecule has 0 spiro atoms. The largest absolute Gasteiger partial charge is 0.492 e. The quantitative estimate of drug-likeness (QED) is 0.634. The summed E-state index contributed by atoms with van der Waals surface area (Å²) in [5.74, 6) is 0.168. The van der Waals surface area contributed by atoms with E-state index in [0.717, 1.165) is 6.54 Å². The van der Waals surface area contributed by atoms with Crippen LogP contribution in [0, 0.1) is 5.92 Å². The molecule has 1 heterocycles. The van der Waals surface area contributed by atoms with Crippen molar-refractivity contribution in [2.24, 2.45) is 5.92 Å². The van der Waals surface area contributed by atoms with E-state index >= 15 is 0 Å². The highest BCUT2D eigenvalue weighted by atomic mass is 16.5. The molecule has 1 aliphatic heterocycles. The van der Waals surface area contributed by atoms with Gasteiger partial charge in [0.05, 0.1) is 19.3 Å². The zero-order valence-corrected chi connectivity index (χ0v) is 14.1. The number of carbonyl (C=O) groups excluding carboxylic acids is 1. The Kier molecular flexibility index (Phi) is 6.99. The molecule has 1 aromatic carbocycles. The maximum atomic E-state index is 12.1. The first kappa shape index (κ1) is 18.7. The van der Waals surface area contributed by atoms with E-state index in [1.165, 1.54) is 0 Å². The number of carbonyl (C=O) groups is 1. The number of hydrogen-bond acceptors (Lipinski definition) is 6. The van der Waals surface area contributed by atoms with Crippen LogP contribution in [-0.2, 0) is 4.74 Å². The summed E-state index contributed by atoms with van der Waals surface area (Å²) in [5, 5.41) is 22.2. The van der Waals surface area contributed by atoms with Crippen molar-refractivity contribution >= 4 is 5.91 Å². The average Bonchev–Trinajstić information content (AvgIpc) is 2.56. The van der Waals surface area contributed by atoms with Gasteiger partial charge in [-0.1, -0.05) is 0 Å². The predicted molar refractivity (Wildman–Crippen MR) is 89.1 cm³/mol. The standard InChI is InChI=1S/C17H26N2O5/c1-19(2)7-8-24-14-5-3-12(4-6-14)17(22)18-9-13-10-23-11-15(20)16(13)21/h3-6,13,15-16,20-21H,7-11H2,1-2H3,(H,18,22)/t13-,15-,16+/m1/s1. The van der Waals surface area contributed by atoms with Crippen molar-refractivity contribution in [1.29, 1.82) is 0 Å². The molecule has 1 aromatic rings. The molecule has 0 aromatic heterocycles. The zero-order valence-electron chi connectivity index (χ0n) is 14.1. The van der Waals surface area contributed by atoms with Gasteiger partial charge < -0.3 is 29.9 Å². The normalized spacial score (nSPS) is 24.0. The van der Waals surface area contributed by atoms with E-state index in [0.29, 0.717) is 24.5 Å². The van der Waals surface area contributed by atoms with Gasteiger partial charge in [0.25, 0.3) is 5.91 Å². The summed E-state index contributed by atoms with van der Waals surface area (Å²) in [6, 6.07) is 6.91. The zero-order chi connectivity index (χ0) is 17.5. The number of aliphatic hydroxyl groups is 2. The number of benzene rings is 1. The molecule has 1 aliphatic rings. The number of rotatable bonds is 7. The molecule has 1 amide bonds. The number of ether oxygens (including phenoxy) is 2. The summed E-state index contributed by atoms with van der Waals surface area (Å²) in [7, 11) is 3.95. The third-order valence-corrected chi connectivity index (χ3v) is 3.95. The van der Waals surface area contributed by atoms with Crippen molar-refractivity contribution < 1.29 is 24.5 Å². The minimum Gasteiger partial charge on any atom is -0.492 e. The maximum Gasteiger partial charge on any atom is 0.251 e. The van der Waals surface area contributed by atoms with Crippen molar-refractivity contribution in [1.82, 2.24) is 10.2 Å². The van der Waals surface area contributed by atoms with Crippen molar-refractivity contribution in [3.8, 4) is 5.75 Å². The molecule has 0 aliphatic carbocycles.